The number of benzene rings is 1. The van der Waals surface area contributed by atoms with E-state index in [4.69, 9.17) is 5.73 Å². The van der Waals surface area contributed by atoms with Crippen molar-refractivity contribution >= 4 is 34.1 Å². The maximum Gasteiger partial charge on any atom is 0.265 e. The number of fused-ring (bicyclic) bond motifs is 1. The molecule has 0 bridgehead atoms. The van der Waals surface area contributed by atoms with Gasteiger partial charge < -0.3 is 21.7 Å². The summed E-state index contributed by atoms with van der Waals surface area (Å²) >= 11 is 0. The number of carbonyl (C=O) groups is 1. The minimum absolute atomic E-state index is 0.144. The first-order valence-corrected chi connectivity index (χ1v) is 10.1. The first-order chi connectivity index (χ1) is 14.9. The molecule has 1 saturated carbocycles. The van der Waals surface area contributed by atoms with Gasteiger partial charge in [0.2, 0.25) is 0 Å². The third-order valence-corrected chi connectivity index (χ3v) is 5.55. The van der Waals surface area contributed by atoms with E-state index in [-0.39, 0.29) is 17.8 Å². The van der Waals surface area contributed by atoms with Gasteiger partial charge in [0.15, 0.2) is 0 Å². The zero-order valence-corrected chi connectivity index (χ0v) is 17.0. The fourth-order valence-corrected chi connectivity index (χ4v) is 4.06. The molecule has 2 atom stereocenters. The predicted octanol–water partition coefficient (Wildman–Crippen LogP) is 3.66. The summed E-state index contributed by atoms with van der Waals surface area (Å²) in [5.41, 5.74) is 7.25. The van der Waals surface area contributed by atoms with Crippen LogP contribution in [-0.4, -0.2) is 40.9 Å². The quantitative estimate of drug-likeness (QED) is 0.480. The number of hydrogen-bond donors (Lipinski definition) is 4. The lowest BCUT2D eigenvalue weighted by Crippen LogP contribution is -2.56. The van der Waals surface area contributed by atoms with E-state index in [1.807, 2.05) is 30.3 Å². The monoisotopic (exact) mass is 426 g/mol. The molecule has 31 heavy (non-hydrogen) atoms. The number of pyridine rings is 2. The summed E-state index contributed by atoms with van der Waals surface area (Å²) in [5, 5.41) is 9.88. The van der Waals surface area contributed by atoms with E-state index in [1.165, 1.54) is 13.1 Å². The number of amides is 1. The third-order valence-electron chi connectivity index (χ3n) is 5.55. The van der Waals surface area contributed by atoms with Crippen LogP contribution in [0.15, 0.2) is 48.7 Å². The normalized spacial score (nSPS) is 20.4. The summed E-state index contributed by atoms with van der Waals surface area (Å²) in [6.07, 6.45) is 2.57. The Labute approximate surface area is 178 Å². The molecule has 1 aliphatic carbocycles. The Bertz CT molecular complexity index is 1110. The Morgan fingerprint density at radius 3 is 2.84 bits per heavy atom. The predicted molar refractivity (Wildman–Crippen MR) is 117 cm³/mol. The highest BCUT2D eigenvalue weighted by molar-refractivity contribution is 5.98. The molecule has 4 rings (SSSR count). The Balaban J connectivity index is 1.62. The van der Waals surface area contributed by atoms with Gasteiger partial charge in [-0.25, -0.2) is 13.8 Å². The number of hydrogen-bond acceptors (Lipinski definition) is 6. The molecule has 9 heteroatoms. The van der Waals surface area contributed by atoms with Crippen LogP contribution >= 0.6 is 0 Å². The summed E-state index contributed by atoms with van der Waals surface area (Å²) in [5.74, 6) is -2.80. The zero-order valence-electron chi connectivity index (χ0n) is 17.0. The fourth-order valence-electron chi connectivity index (χ4n) is 4.06. The van der Waals surface area contributed by atoms with Crippen molar-refractivity contribution < 1.29 is 13.6 Å². The Morgan fingerprint density at radius 2 is 2.06 bits per heavy atom. The van der Waals surface area contributed by atoms with Crippen molar-refractivity contribution in [3.63, 3.8) is 0 Å². The van der Waals surface area contributed by atoms with E-state index in [1.54, 1.807) is 12.3 Å². The van der Waals surface area contributed by atoms with Crippen LogP contribution in [0, 0.1) is 0 Å². The maximum absolute atomic E-state index is 14.3. The van der Waals surface area contributed by atoms with E-state index >= 15 is 0 Å². The maximum atomic E-state index is 14.3. The molecule has 0 aliphatic heterocycles. The van der Waals surface area contributed by atoms with Crippen LogP contribution in [0.4, 0.5) is 26.1 Å². The van der Waals surface area contributed by atoms with Crippen molar-refractivity contribution in [2.45, 2.75) is 37.3 Å². The van der Waals surface area contributed by atoms with Crippen molar-refractivity contribution in [3.8, 4) is 0 Å². The molecule has 7 nitrogen and oxygen atoms in total. The van der Waals surface area contributed by atoms with Crippen molar-refractivity contribution in [1.82, 2.24) is 15.3 Å². The van der Waals surface area contributed by atoms with E-state index < -0.39 is 23.9 Å². The van der Waals surface area contributed by atoms with Crippen LogP contribution in [0.2, 0.25) is 0 Å². The summed E-state index contributed by atoms with van der Waals surface area (Å²) in [6, 6.07) is 10.9. The number of rotatable bonds is 6. The lowest BCUT2D eigenvalue weighted by Gasteiger charge is -2.38. The molecule has 162 valence electrons. The molecule has 0 spiro atoms. The van der Waals surface area contributed by atoms with E-state index in [2.05, 4.69) is 25.9 Å². The van der Waals surface area contributed by atoms with Crippen LogP contribution in [0.5, 0.6) is 0 Å². The van der Waals surface area contributed by atoms with Gasteiger partial charge in [-0.05, 0) is 56.3 Å². The van der Waals surface area contributed by atoms with Crippen LogP contribution in [0.1, 0.15) is 29.6 Å². The summed E-state index contributed by atoms with van der Waals surface area (Å²) in [6.45, 7) is 0. The SMILES string of the molecule is CNC1C(Nc2ccc(C(N)=O)c(Nc3ccc4ncccc4c3)n2)CCCC1(F)F. The van der Waals surface area contributed by atoms with Gasteiger partial charge in [0, 0.05) is 29.7 Å². The van der Waals surface area contributed by atoms with Crippen molar-refractivity contribution in [1.29, 1.82) is 0 Å². The lowest BCUT2D eigenvalue weighted by molar-refractivity contribution is -0.0654. The number of carbonyl (C=O) groups excluding carboxylic acids is 1. The number of primary amides is 1. The first-order valence-electron chi connectivity index (χ1n) is 10.1. The Hall–Kier alpha value is -3.33. The third kappa shape index (κ3) is 4.41. The second kappa shape index (κ2) is 8.43. The van der Waals surface area contributed by atoms with Crippen LogP contribution in [-0.2, 0) is 0 Å². The number of halogens is 2. The molecule has 2 heterocycles. The van der Waals surface area contributed by atoms with Crippen LogP contribution in [0.3, 0.4) is 0 Å². The molecule has 0 saturated heterocycles. The highest BCUT2D eigenvalue weighted by atomic mass is 19.3. The Morgan fingerprint density at radius 1 is 1.23 bits per heavy atom. The van der Waals surface area contributed by atoms with Crippen molar-refractivity contribution in [2.75, 3.05) is 17.7 Å². The van der Waals surface area contributed by atoms with E-state index in [0.717, 1.165) is 10.9 Å². The smallest absolute Gasteiger partial charge is 0.265 e. The van der Waals surface area contributed by atoms with Gasteiger partial charge >= 0.3 is 0 Å². The molecule has 2 aromatic heterocycles. The van der Waals surface area contributed by atoms with Crippen LogP contribution in [0.25, 0.3) is 10.9 Å². The summed E-state index contributed by atoms with van der Waals surface area (Å²) in [4.78, 5) is 20.7. The topological polar surface area (TPSA) is 105 Å². The molecular weight excluding hydrogens is 402 g/mol. The molecule has 0 radical (unpaired) electrons. The highest BCUT2D eigenvalue weighted by Crippen LogP contribution is 2.35. The summed E-state index contributed by atoms with van der Waals surface area (Å²) in [7, 11) is 1.53. The van der Waals surface area contributed by atoms with Gasteiger partial charge in [-0.15, -0.1) is 0 Å². The fraction of sp³-hybridized carbons (Fsp3) is 0.318. The number of anilines is 3. The molecule has 3 aromatic rings. The molecule has 5 N–H and O–H groups in total. The zero-order chi connectivity index (χ0) is 22.0. The van der Waals surface area contributed by atoms with Gasteiger partial charge in [0.25, 0.3) is 11.8 Å². The molecule has 1 aliphatic rings. The molecule has 1 amide bonds. The standard InChI is InChI=1S/C22H24F2N6O/c1-26-19-17(5-2-10-22(19,23)24)29-18-9-7-15(20(25)31)21(30-18)28-14-6-8-16-13(12-14)4-3-11-27-16/h3-4,6-9,11-12,17,19,26H,2,5,10H2,1H3,(H2,25,31)(H2,28,29,30). The Kier molecular flexibility index (Phi) is 5.69. The number of nitrogens with one attached hydrogen (secondary N) is 3. The van der Waals surface area contributed by atoms with Gasteiger partial charge in [-0.3, -0.25) is 9.78 Å². The lowest BCUT2D eigenvalue weighted by atomic mass is 9.87. The van der Waals surface area contributed by atoms with Gasteiger partial charge in [0.05, 0.1) is 17.1 Å². The number of nitrogens with two attached hydrogens (primary N) is 1. The summed E-state index contributed by atoms with van der Waals surface area (Å²) < 4.78 is 28.6. The van der Waals surface area contributed by atoms with Crippen LogP contribution < -0.4 is 21.7 Å². The van der Waals surface area contributed by atoms with E-state index in [0.29, 0.717) is 24.3 Å². The minimum Gasteiger partial charge on any atom is -0.365 e. The highest BCUT2D eigenvalue weighted by Gasteiger charge is 2.46. The molecule has 1 aromatic carbocycles. The van der Waals surface area contributed by atoms with E-state index in [9.17, 15) is 13.6 Å². The second-order valence-corrected chi connectivity index (χ2v) is 7.66. The number of alkyl halides is 2. The molecular formula is C22H24F2N6O. The van der Waals surface area contributed by atoms with Crippen molar-refractivity contribution in [3.05, 3.63) is 54.2 Å². The average Bonchev–Trinajstić information content (AvgIpc) is 2.73. The largest absolute Gasteiger partial charge is 0.365 e. The number of nitrogens with zero attached hydrogens (tertiary/aromatic N) is 2. The molecule has 2 unspecified atom stereocenters. The molecule has 1 fully saturated rings. The number of likely N-dealkylation sites (N-methyl/N-ethyl adjacent to an activating group) is 1. The number of aromatic nitrogens is 2. The average molecular weight is 426 g/mol. The van der Waals surface area contributed by atoms with Gasteiger partial charge in [0.1, 0.15) is 11.6 Å². The van der Waals surface area contributed by atoms with Gasteiger partial charge in [-0.1, -0.05) is 6.07 Å². The van der Waals surface area contributed by atoms with Gasteiger partial charge in [-0.2, -0.15) is 0 Å². The van der Waals surface area contributed by atoms with Crippen molar-refractivity contribution in [2.24, 2.45) is 5.73 Å². The second-order valence-electron chi connectivity index (χ2n) is 7.66. The minimum atomic E-state index is -2.81. The first kappa shape index (κ1) is 20.9.